The Hall–Kier alpha value is -2.72. The molecule has 0 unspecified atom stereocenters. The standard InChI is InChI=1S/C19H24N4O5S/c1-29(26,27)12-11-22-7-9-23(10-8-22)18(24)14-20-19(25)16-13-17(28-21-16)15-5-3-2-4-6-15/h2-6,13H,7-12,14H2,1H3,(H,20,25). The fraction of sp³-hybridized carbons (Fsp3) is 0.421. The largest absolute Gasteiger partial charge is 0.355 e. The summed E-state index contributed by atoms with van der Waals surface area (Å²) in [6.07, 6.45) is 1.22. The third-order valence-corrected chi connectivity index (χ3v) is 5.63. The molecule has 0 atom stereocenters. The van der Waals surface area contributed by atoms with E-state index in [0.29, 0.717) is 38.5 Å². The second-order valence-corrected chi connectivity index (χ2v) is 9.24. The quantitative estimate of drug-likeness (QED) is 0.684. The minimum absolute atomic E-state index is 0.111. The molecule has 2 aromatic rings. The fourth-order valence-corrected chi connectivity index (χ4v) is 3.58. The van der Waals surface area contributed by atoms with E-state index < -0.39 is 15.7 Å². The highest BCUT2D eigenvalue weighted by Crippen LogP contribution is 2.19. The van der Waals surface area contributed by atoms with Gasteiger partial charge < -0.3 is 14.7 Å². The summed E-state index contributed by atoms with van der Waals surface area (Å²) in [6, 6.07) is 10.8. The summed E-state index contributed by atoms with van der Waals surface area (Å²) in [4.78, 5) is 28.3. The van der Waals surface area contributed by atoms with Crippen LogP contribution in [-0.2, 0) is 14.6 Å². The van der Waals surface area contributed by atoms with Crippen LogP contribution in [0.2, 0.25) is 0 Å². The summed E-state index contributed by atoms with van der Waals surface area (Å²) in [5, 5.41) is 6.34. The number of nitrogens with zero attached hydrogens (tertiary/aromatic N) is 3. The van der Waals surface area contributed by atoms with Crippen LogP contribution in [0.15, 0.2) is 40.9 Å². The zero-order valence-electron chi connectivity index (χ0n) is 16.2. The maximum atomic E-state index is 12.3. The van der Waals surface area contributed by atoms with Crippen LogP contribution in [0.1, 0.15) is 10.5 Å². The van der Waals surface area contributed by atoms with Crippen molar-refractivity contribution in [2.45, 2.75) is 0 Å². The molecule has 1 saturated heterocycles. The number of piperazine rings is 1. The first-order valence-corrected chi connectivity index (χ1v) is 11.4. The lowest BCUT2D eigenvalue weighted by atomic mass is 10.1. The number of hydrogen-bond donors (Lipinski definition) is 1. The zero-order chi connectivity index (χ0) is 20.9. The van der Waals surface area contributed by atoms with Crippen molar-refractivity contribution < 1.29 is 22.5 Å². The van der Waals surface area contributed by atoms with Gasteiger partial charge in [-0.1, -0.05) is 35.5 Å². The minimum atomic E-state index is -3.00. The number of amides is 2. The molecule has 2 amide bonds. The molecule has 1 fully saturated rings. The molecule has 1 N–H and O–H groups in total. The third-order valence-electron chi connectivity index (χ3n) is 4.70. The van der Waals surface area contributed by atoms with E-state index in [9.17, 15) is 18.0 Å². The number of hydrogen-bond acceptors (Lipinski definition) is 7. The molecule has 9 nitrogen and oxygen atoms in total. The summed E-state index contributed by atoms with van der Waals surface area (Å²) in [7, 11) is -3.00. The lowest BCUT2D eigenvalue weighted by Gasteiger charge is -2.34. The van der Waals surface area contributed by atoms with Crippen LogP contribution < -0.4 is 5.32 Å². The van der Waals surface area contributed by atoms with Crippen LogP contribution in [0.25, 0.3) is 11.3 Å². The van der Waals surface area contributed by atoms with Gasteiger partial charge in [-0.05, 0) is 0 Å². The van der Waals surface area contributed by atoms with Crippen LogP contribution in [0, 0.1) is 0 Å². The van der Waals surface area contributed by atoms with Crippen LogP contribution in [0.4, 0.5) is 0 Å². The first-order chi connectivity index (χ1) is 13.8. The van der Waals surface area contributed by atoms with E-state index in [0.717, 1.165) is 5.56 Å². The lowest BCUT2D eigenvalue weighted by molar-refractivity contribution is -0.131. The Balaban J connectivity index is 1.44. The maximum Gasteiger partial charge on any atom is 0.273 e. The van der Waals surface area contributed by atoms with Crippen LogP contribution in [-0.4, -0.2) is 86.5 Å². The molecule has 0 spiro atoms. The van der Waals surface area contributed by atoms with E-state index >= 15 is 0 Å². The number of benzene rings is 1. The summed E-state index contributed by atoms with van der Waals surface area (Å²) in [5.74, 6) is -0.0732. The van der Waals surface area contributed by atoms with Gasteiger partial charge in [0, 0.05) is 50.6 Å². The van der Waals surface area contributed by atoms with Crippen molar-refractivity contribution in [3.8, 4) is 11.3 Å². The third kappa shape index (κ3) is 6.13. The van der Waals surface area contributed by atoms with Gasteiger partial charge in [0.05, 0.1) is 12.3 Å². The molecule has 2 heterocycles. The van der Waals surface area contributed by atoms with E-state index in [2.05, 4.69) is 10.5 Å². The summed E-state index contributed by atoms with van der Waals surface area (Å²) < 4.78 is 27.7. The van der Waals surface area contributed by atoms with Gasteiger partial charge in [-0.3, -0.25) is 14.5 Å². The first-order valence-electron chi connectivity index (χ1n) is 9.30. The summed E-state index contributed by atoms with van der Waals surface area (Å²) >= 11 is 0. The molecule has 3 rings (SSSR count). The smallest absolute Gasteiger partial charge is 0.273 e. The lowest BCUT2D eigenvalue weighted by Crippen LogP contribution is -2.51. The fourth-order valence-electron chi connectivity index (χ4n) is 2.99. The van der Waals surface area contributed by atoms with Crippen LogP contribution >= 0.6 is 0 Å². The number of sulfone groups is 1. The molecule has 0 radical (unpaired) electrons. The molecule has 10 heteroatoms. The van der Waals surface area contributed by atoms with Gasteiger partial charge in [0.15, 0.2) is 11.5 Å². The van der Waals surface area contributed by atoms with Crippen LogP contribution in [0.5, 0.6) is 0 Å². The molecule has 0 aliphatic carbocycles. The summed E-state index contributed by atoms with van der Waals surface area (Å²) in [5.41, 5.74) is 0.922. The number of rotatable bonds is 7. The Morgan fingerprint density at radius 2 is 1.83 bits per heavy atom. The van der Waals surface area contributed by atoms with Crippen LogP contribution in [0.3, 0.4) is 0 Å². The van der Waals surface area contributed by atoms with Gasteiger partial charge in [0.1, 0.15) is 9.84 Å². The SMILES string of the molecule is CS(=O)(=O)CCN1CCN(C(=O)CNC(=O)c2cc(-c3ccccc3)on2)CC1. The Labute approximate surface area is 169 Å². The Bertz CT molecular complexity index is 950. The van der Waals surface area contributed by atoms with E-state index in [1.807, 2.05) is 35.2 Å². The highest BCUT2D eigenvalue weighted by atomic mass is 32.2. The van der Waals surface area contributed by atoms with Gasteiger partial charge in [-0.25, -0.2) is 8.42 Å². The molecule has 1 aliphatic heterocycles. The average molecular weight is 420 g/mol. The highest BCUT2D eigenvalue weighted by molar-refractivity contribution is 7.90. The first kappa shape index (κ1) is 21.0. The monoisotopic (exact) mass is 420 g/mol. The van der Waals surface area contributed by atoms with Crippen molar-refractivity contribution in [2.75, 3.05) is 51.3 Å². The Kier molecular flexibility index (Phi) is 6.65. The van der Waals surface area contributed by atoms with Crippen molar-refractivity contribution in [1.82, 2.24) is 20.3 Å². The van der Waals surface area contributed by atoms with Gasteiger partial charge in [0.25, 0.3) is 5.91 Å². The zero-order valence-corrected chi connectivity index (χ0v) is 17.0. The second kappa shape index (κ2) is 9.19. The number of carbonyl (C=O) groups is 2. The normalized spacial score (nSPS) is 15.3. The van der Waals surface area contributed by atoms with Crippen molar-refractivity contribution >= 4 is 21.7 Å². The Morgan fingerprint density at radius 1 is 1.14 bits per heavy atom. The van der Waals surface area contributed by atoms with Crippen molar-refractivity contribution in [1.29, 1.82) is 0 Å². The highest BCUT2D eigenvalue weighted by Gasteiger charge is 2.22. The van der Waals surface area contributed by atoms with Gasteiger partial charge in [-0.15, -0.1) is 0 Å². The molecule has 1 aromatic carbocycles. The van der Waals surface area contributed by atoms with Crippen molar-refractivity contribution in [3.63, 3.8) is 0 Å². The molecule has 0 bridgehead atoms. The van der Waals surface area contributed by atoms with Crippen molar-refractivity contribution in [2.24, 2.45) is 0 Å². The van der Waals surface area contributed by atoms with Gasteiger partial charge in [-0.2, -0.15) is 0 Å². The molecular weight excluding hydrogens is 396 g/mol. The molecule has 156 valence electrons. The molecule has 1 aromatic heterocycles. The van der Waals surface area contributed by atoms with Gasteiger partial charge >= 0.3 is 0 Å². The Morgan fingerprint density at radius 3 is 2.48 bits per heavy atom. The van der Waals surface area contributed by atoms with E-state index in [1.165, 1.54) is 12.3 Å². The predicted octanol–water partition coefficient (Wildman–Crippen LogP) is 0.260. The maximum absolute atomic E-state index is 12.3. The molecule has 0 saturated carbocycles. The second-order valence-electron chi connectivity index (χ2n) is 6.98. The van der Waals surface area contributed by atoms with E-state index in [1.54, 1.807) is 4.90 Å². The minimum Gasteiger partial charge on any atom is -0.355 e. The number of aromatic nitrogens is 1. The van der Waals surface area contributed by atoms with Crippen molar-refractivity contribution in [3.05, 3.63) is 42.1 Å². The molecule has 29 heavy (non-hydrogen) atoms. The number of carbonyl (C=O) groups excluding carboxylic acids is 2. The number of nitrogens with one attached hydrogen (secondary N) is 1. The topological polar surface area (TPSA) is 113 Å². The molecular formula is C19H24N4O5S. The van der Waals surface area contributed by atoms with E-state index in [4.69, 9.17) is 4.52 Å². The predicted molar refractivity (Wildman–Crippen MR) is 107 cm³/mol. The summed E-state index contributed by atoms with van der Waals surface area (Å²) in [6.45, 7) is 2.56. The van der Waals surface area contributed by atoms with E-state index in [-0.39, 0.29) is 23.9 Å². The molecule has 1 aliphatic rings. The van der Waals surface area contributed by atoms with Gasteiger partial charge in [0.2, 0.25) is 5.91 Å². The average Bonchev–Trinajstić information content (AvgIpc) is 3.21.